The molecule has 0 unspecified atom stereocenters. The number of hydrogen-bond acceptors (Lipinski definition) is 3. The largest absolute Gasteiger partial charge is 0.494 e. The predicted octanol–water partition coefficient (Wildman–Crippen LogP) is 3.23. The molecule has 2 rings (SSSR count). The highest BCUT2D eigenvalue weighted by Gasteiger charge is 2.12. The van der Waals surface area contributed by atoms with Gasteiger partial charge in [0.15, 0.2) is 23.7 Å². The summed E-state index contributed by atoms with van der Waals surface area (Å²) in [5.74, 6) is 0.448. The highest BCUT2D eigenvalue weighted by molar-refractivity contribution is 6.17. The van der Waals surface area contributed by atoms with Crippen LogP contribution in [0.15, 0.2) is 29.0 Å². The maximum absolute atomic E-state index is 13.5. The van der Waals surface area contributed by atoms with E-state index >= 15 is 0 Å². The number of oxazole rings is 1. The van der Waals surface area contributed by atoms with E-state index in [-0.39, 0.29) is 11.6 Å². The Balaban J connectivity index is 2.45. The fourth-order valence-electron chi connectivity index (χ4n) is 1.41. The zero-order valence-electron chi connectivity index (χ0n) is 8.54. The van der Waals surface area contributed by atoms with E-state index in [4.69, 9.17) is 20.8 Å². The second-order valence-electron chi connectivity index (χ2n) is 3.11. The van der Waals surface area contributed by atoms with Crippen molar-refractivity contribution in [1.82, 2.24) is 4.98 Å². The molecule has 0 radical (unpaired) electrons. The van der Waals surface area contributed by atoms with Crippen molar-refractivity contribution in [1.29, 1.82) is 0 Å². The molecule has 0 spiro atoms. The number of methoxy groups -OCH3 is 1. The molecule has 0 amide bonds. The Labute approximate surface area is 96.8 Å². The Morgan fingerprint density at radius 3 is 2.94 bits per heavy atom. The van der Waals surface area contributed by atoms with Crippen molar-refractivity contribution < 1.29 is 13.5 Å². The lowest BCUT2D eigenvalue weighted by atomic mass is 10.1. The van der Waals surface area contributed by atoms with Gasteiger partial charge in [-0.15, -0.1) is 11.6 Å². The molecular formula is C11H9ClFNO2. The van der Waals surface area contributed by atoms with Crippen LogP contribution in [0.3, 0.4) is 0 Å². The normalized spacial score (nSPS) is 10.4. The molecule has 0 N–H and O–H groups in total. The number of aromatic nitrogens is 1. The van der Waals surface area contributed by atoms with Crippen molar-refractivity contribution in [2.75, 3.05) is 7.11 Å². The van der Waals surface area contributed by atoms with Crippen LogP contribution in [-0.2, 0) is 5.88 Å². The molecule has 1 aromatic carbocycles. The summed E-state index contributed by atoms with van der Waals surface area (Å²) in [4.78, 5) is 3.93. The van der Waals surface area contributed by atoms with Crippen LogP contribution < -0.4 is 4.74 Å². The summed E-state index contributed by atoms with van der Waals surface area (Å²) in [6.45, 7) is 0. The minimum absolute atomic E-state index is 0.190. The molecule has 2 aromatic rings. The highest BCUT2D eigenvalue weighted by atomic mass is 35.5. The Kier molecular flexibility index (Phi) is 3.10. The zero-order valence-corrected chi connectivity index (χ0v) is 9.29. The molecule has 1 aromatic heterocycles. The fraction of sp³-hybridized carbons (Fsp3) is 0.182. The molecule has 0 fully saturated rings. The van der Waals surface area contributed by atoms with Crippen LogP contribution in [0.5, 0.6) is 5.75 Å². The minimum atomic E-state index is -0.447. The first-order valence-corrected chi connectivity index (χ1v) is 5.12. The molecule has 0 aliphatic rings. The topological polar surface area (TPSA) is 35.3 Å². The molecule has 0 aliphatic carbocycles. The average molecular weight is 242 g/mol. The molecular weight excluding hydrogens is 233 g/mol. The van der Waals surface area contributed by atoms with Crippen LogP contribution in [0, 0.1) is 5.82 Å². The van der Waals surface area contributed by atoms with Crippen molar-refractivity contribution in [2.24, 2.45) is 0 Å². The van der Waals surface area contributed by atoms with Crippen molar-refractivity contribution in [3.05, 3.63) is 36.1 Å². The number of hydrogen-bond donors (Lipinski definition) is 0. The smallest absolute Gasteiger partial charge is 0.181 e. The van der Waals surface area contributed by atoms with E-state index in [1.54, 1.807) is 6.07 Å². The molecule has 16 heavy (non-hydrogen) atoms. The van der Waals surface area contributed by atoms with E-state index in [0.29, 0.717) is 17.0 Å². The molecule has 5 heteroatoms. The maximum atomic E-state index is 13.5. The minimum Gasteiger partial charge on any atom is -0.494 e. The van der Waals surface area contributed by atoms with Gasteiger partial charge in [0.1, 0.15) is 5.69 Å². The van der Waals surface area contributed by atoms with Gasteiger partial charge < -0.3 is 9.15 Å². The summed E-state index contributed by atoms with van der Waals surface area (Å²) in [6, 6.07) is 4.55. The summed E-state index contributed by atoms with van der Waals surface area (Å²) >= 11 is 5.68. The predicted molar refractivity (Wildman–Crippen MR) is 58.0 cm³/mol. The molecule has 0 atom stereocenters. The Morgan fingerprint density at radius 1 is 1.50 bits per heavy atom. The number of nitrogens with zero attached hydrogens (tertiary/aromatic N) is 1. The van der Waals surface area contributed by atoms with Crippen LogP contribution in [-0.4, -0.2) is 12.1 Å². The summed E-state index contributed by atoms with van der Waals surface area (Å²) in [7, 11) is 1.41. The number of rotatable bonds is 3. The number of benzene rings is 1. The van der Waals surface area contributed by atoms with E-state index in [0.717, 1.165) is 0 Å². The average Bonchev–Trinajstić information content (AvgIpc) is 2.77. The van der Waals surface area contributed by atoms with Gasteiger partial charge in [-0.05, 0) is 18.2 Å². The van der Waals surface area contributed by atoms with Crippen molar-refractivity contribution >= 4 is 11.6 Å². The van der Waals surface area contributed by atoms with E-state index in [1.807, 2.05) is 0 Å². The third kappa shape index (κ3) is 1.88. The third-order valence-electron chi connectivity index (χ3n) is 2.18. The van der Waals surface area contributed by atoms with Crippen LogP contribution >= 0.6 is 11.6 Å². The highest BCUT2D eigenvalue weighted by Crippen LogP contribution is 2.28. The van der Waals surface area contributed by atoms with Crippen LogP contribution in [0.1, 0.15) is 5.69 Å². The van der Waals surface area contributed by atoms with Gasteiger partial charge in [-0.1, -0.05) is 0 Å². The first-order valence-electron chi connectivity index (χ1n) is 4.58. The molecule has 0 bridgehead atoms. The lowest BCUT2D eigenvalue weighted by Gasteiger charge is -2.03. The first-order chi connectivity index (χ1) is 7.76. The van der Waals surface area contributed by atoms with E-state index in [2.05, 4.69) is 4.98 Å². The fourth-order valence-corrected chi connectivity index (χ4v) is 1.60. The lowest BCUT2D eigenvalue weighted by Crippen LogP contribution is -1.89. The van der Waals surface area contributed by atoms with Gasteiger partial charge in [-0.3, -0.25) is 0 Å². The standard InChI is InChI=1S/C11H9ClFNO2/c1-15-10-3-2-7(4-8(10)13)11-9(5-12)14-6-16-11/h2-4,6H,5H2,1H3. The quantitative estimate of drug-likeness (QED) is 0.774. The van der Waals surface area contributed by atoms with Gasteiger partial charge in [0.25, 0.3) is 0 Å². The molecule has 1 heterocycles. The van der Waals surface area contributed by atoms with Crippen molar-refractivity contribution in [3.63, 3.8) is 0 Å². The Bertz CT molecular complexity index is 498. The van der Waals surface area contributed by atoms with E-state index < -0.39 is 5.82 Å². The van der Waals surface area contributed by atoms with Crippen molar-refractivity contribution in [2.45, 2.75) is 5.88 Å². The molecule has 84 valence electrons. The van der Waals surface area contributed by atoms with Gasteiger partial charge in [0.05, 0.1) is 13.0 Å². The van der Waals surface area contributed by atoms with E-state index in [1.165, 1.54) is 25.6 Å². The van der Waals surface area contributed by atoms with Crippen molar-refractivity contribution in [3.8, 4) is 17.1 Å². The van der Waals surface area contributed by atoms with Gasteiger partial charge in [-0.25, -0.2) is 9.37 Å². The first kappa shape index (κ1) is 11.0. The second-order valence-corrected chi connectivity index (χ2v) is 3.38. The number of ether oxygens (including phenoxy) is 1. The summed E-state index contributed by atoms with van der Waals surface area (Å²) < 4.78 is 23.5. The van der Waals surface area contributed by atoms with Gasteiger partial charge in [0, 0.05) is 5.56 Å². The third-order valence-corrected chi connectivity index (χ3v) is 2.43. The van der Waals surface area contributed by atoms with Crippen LogP contribution in [0.25, 0.3) is 11.3 Å². The molecule has 0 aliphatic heterocycles. The second kappa shape index (κ2) is 4.53. The zero-order chi connectivity index (χ0) is 11.5. The number of alkyl halides is 1. The molecule has 0 saturated heterocycles. The maximum Gasteiger partial charge on any atom is 0.181 e. The summed E-state index contributed by atoms with van der Waals surface area (Å²) in [5.41, 5.74) is 1.18. The summed E-state index contributed by atoms with van der Waals surface area (Å²) in [5, 5.41) is 0. The number of halogens is 2. The Morgan fingerprint density at radius 2 is 2.31 bits per heavy atom. The van der Waals surface area contributed by atoms with Crippen LogP contribution in [0.2, 0.25) is 0 Å². The Hall–Kier alpha value is -1.55. The summed E-state index contributed by atoms with van der Waals surface area (Å²) in [6.07, 6.45) is 1.29. The molecule has 0 saturated carbocycles. The SMILES string of the molecule is COc1ccc(-c2ocnc2CCl)cc1F. The van der Waals surface area contributed by atoms with Gasteiger partial charge in [-0.2, -0.15) is 0 Å². The lowest BCUT2D eigenvalue weighted by molar-refractivity contribution is 0.386. The van der Waals surface area contributed by atoms with Crippen LogP contribution in [0.4, 0.5) is 4.39 Å². The monoisotopic (exact) mass is 241 g/mol. The van der Waals surface area contributed by atoms with Gasteiger partial charge in [0.2, 0.25) is 0 Å². The van der Waals surface area contributed by atoms with Gasteiger partial charge >= 0.3 is 0 Å². The van der Waals surface area contributed by atoms with E-state index in [9.17, 15) is 4.39 Å². The molecule has 3 nitrogen and oxygen atoms in total.